The van der Waals surface area contributed by atoms with Crippen LogP contribution < -0.4 is 5.32 Å². The SMILES string of the molecule is CC(NC1CCSc2ccc(F)cc21)c1ccc(Cl)cc1. The Morgan fingerprint density at radius 1 is 1.24 bits per heavy atom. The molecule has 110 valence electrons. The summed E-state index contributed by atoms with van der Waals surface area (Å²) in [5.74, 6) is 0.895. The van der Waals surface area contributed by atoms with E-state index < -0.39 is 0 Å². The van der Waals surface area contributed by atoms with Gasteiger partial charge in [0.1, 0.15) is 5.82 Å². The van der Waals surface area contributed by atoms with Crippen LogP contribution in [0.25, 0.3) is 0 Å². The fourth-order valence-electron chi connectivity index (χ4n) is 2.69. The molecule has 1 nitrogen and oxygen atoms in total. The van der Waals surface area contributed by atoms with Gasteiger partial charge in [0, 0.05) is 22.0 Å². The highest BCUT2D eigenvalue weighted by atomic mass is 35.5. The summed E-state index contributed by atoms with van der Waals surface area (Å²) in [6.07, 6.45) is 1.01. The largest absolute Gasteiger partial charge is 0.303 e. The molecule has 0 fully saturated rings. The van der Waals surface area contributed by atoms with Crippen LogP contribution >= 0.6 is 23.4 Å². The fourth-order valence-corrected chi connectivity index (χ4v) is 3.92. The number of fused-ring (bicyclic) bond motifs is 1. The van der Waals surface area contributed by atoms with E-state index in [1.54, 1.807) is 17.8 Å². The topological polar surface area (TPSA) is 12.0 Å². The van der Waals surface area contributed by atoms with Crippen LogP contribution in [0.3, 0.4) is 0 Å². The molecular formula is C17H17ClFNS. The fraction of sp³-hybridized carbons (Fsp3) is 0.294. The highest BCUT2D eigenvalue weighted by Crippen LogP contribution is 2.37. The van der Waals surface area contributed by atoms with E-state index >= 15 is 0 Å². The van der Waals surface area contributed by atoms with Crippen molar-refractivity contribution >= 4 is 23.4 Å². The molecule has 0 saturated heterocycles. The van der Waals surface area contributed by atoms with Crippen molar-refractivity contribution in [3.8, 4) is 0 Å². The Morgan fingerprint density at radius 2 is 2.00 bits per heavy atom. The summed E-state index contributed by atoms with van der Waals surface area (Å²) in [6.45, 7) is 2.13. The zero-order chi connectivity index (χ0) is 14.8. The molecule has 0 aromatic heterocycles. The second-order valence-electron chi connectivity index (χ2n) is 5.31. The van der Waals surface area contributed by atoms with Crippen LogP contribution in [0.4, 0.5) is 4.39 Å². The zero-order valence-corrected chi connectivity index (χ0v) is 13.3. The average molecular weight is 322 g/mol. The number of benzene rings is 2. The van der Waals surface area contributed by atoms with Crippen molar-refractivity contribution in [2.75, 3.05) is 5.75 Å². The lowest BCUT2D eigenvalue weighted by molar-refractivity contribution is 0.447. The number of hydrogen-bond donors (Lipinski definition) is 1. The molecule has 2 aromatic carbocycles. The van der Waals surface area contributed by atoms with E-state index in [0.29, 0.717) is 0 Å². The summed E-state index contributed by atoms with van der Waals surface area (Å²) in [6, 6.07) is 13.3. The van der Waals surface area contributed by atoms with Crippen LogP contribution in [0.15, 0.2) is 47.4 Å². The van der Waals surface area contributed by atoms with E-state index in [1.165, 1.54) is 16.5 Å². The van der Waals surface area contributed by atoms with Gasteiger partial charge >= 0.3 is 0 Å². The van der Waals surface area contributed by atoms with E-state index in [2.05, 4.69) is 12.2 Å². The Kier molecular flexibility index (Phi) is 4.53. The molecule has 0 spiro atoms. The summed E-state index contributed by atoms with van der Waals surface area (Å²) in [5.41, 5.74) is 2.27. The summed E-state index contributed by atoms with van der Waals surface area (Å²) in [7, 11) is 0. The normalized spacial score (nSPS) is 19.1. The molecule has 1 heterocycles. The Labute approximate surface area is 133 Å². The molecule has 21 heavy (non-hydrogen) atoms. The Hall–Kier alpha value is -1.03. The second-order valence-corrected chi connectivity index (χ2v) is 6.88. The van der Waals surface area contributed by atoms with Crippen molar-refractivity contribution in [2.24, 2.45) is 0 Å². The zero-order valence-electron chi connectivity index (χ0n) is 11.8. The molecule has 4 heteroatoms. The van der Waals surface area contributed by atoms with Gasteiger partial charge in [-0.05, 0) is 60.6 Å². The number of nitrogens with one attached hydrogen (secondary N) is 1. The van der Waals surface area contributed by atoms with Gasteiger partial charge in [-0.15, -0.1) is 11.8 Å². The molecule has 0 radical (unpaired) electrons. The minimum Gasteiger partial charge on any atom is -0.303 e. The molecule has 0 amide bonds. The predicted molar refractivity (Wildman–Crippen MR) is 87.5 cm³/mol. The number of hydrogen-bond acceptors (Lipinski definition) is 2. The smallest absolute Gasteiger partial charge is 0.123 e. The predicted octanol–water partition coefficient (Wildman–Crippen LogP) is 5.37. The molecule has 0 bridgehead atoms. The van der Waals surface area contributed by atoms with Crippen LogP contribution in [0, 0.1) is 5.82 Å². The van der Waals surface area contributed by atoms with Gasteiger partial charge in [-0.25, -0.2) is 4.39 Å². The summed E-state index contributed by atoms with van der Waals surface area (Å²) < 4.78 is 13.5. The van der Waals surface area contributed by atoms with Gasteiger partial charge in [0.2, 0.25) is 0 Å². The lowest BCUT2D eigenvalue weighted by Crippen LogP contribution is -2.27. The van der Waals surface area contributed by atoms with Crippen LogP contribution in [-0.4, -0.2) is 5.75 Å². The first-order valence-corrected chi connectivity index (χ1v) is 8.43. The summed E-state index contributed by atoms with van der Waals surface area (Å²) in [4.78, 5) is 1.18. The molecule has 2 atom stereocenters. The van der Waals surface area contributed by atoms with Gasteiger partial charge in [-0.3, -0.25) is 0 Å². The number of rotatable bonds is 3. The van der Waals surface area contributed by atoms with Crippen LogP contribution in [0.5, 0.6) is 0 Å². The van der Waals surface area contributed by atoms with Gasteiger partial charge < -0.3 is 5.32 Å². The number of halogens is 2. The lowest BCUT2D eigenvalue weighted by atomic mass is 10.0. The van der Waals surface area contributed by atoms with E-state index in [0.717, 1.165) is 22.8 Å². The maximum atomic E-state index is 13.5. The van der Waals surface area contributed by atoms with Gasteiger partial charge in [0.15, 0.2) is 0 Å². The Bertz CT molecular complexity index is 629. The van der Waals surface area contributed by atoms with Crippen molar-refractivity contribution in [1.82, 2.24) is 5.32 Å². The first kappa shape index (κ1) is 14.9. The molecule has 3 rings (SSSR count). The molecule has 2 unspecified atom stereocenters. The van der Waals surface area contributed by atoms with Crippen molar-refractivity contribution in [3.05, 3.63) is 64.4 Å². The standard InChI is InChI=1S/C17H17ClFNS/c1-11(12-2-4-13(18)5-3-12)20-16-8-9-21-17-7-6-14(19)10-15(16)17/h2-7,10-11,16,20H,8-9H2,1H3. The van der Waals surface area contributed by atoms with E-state index in [4.69, 9.17) is 11.6 Å². The van der Waals surface area contributed by atoms with Crippen molar-refractivity contribution in [2.45, 2.75) is 30.3 Å². The van der Waals surface area contributed by atoms with Crippen molar-refractivity contribution < 1.29 is 4.39 Å². The van der Waals surface area contributed by atoms with E-state index in [9.17, 15) is 4.39 Å². The minimum absolute atomic E-state index is 0.165. The maximum Gasteiger partial charge on any atom is 0.123 e. The highest BCUT2D eigenvalue weighted by Gasteiger charge is 2.22. The van der Waals surface area contributed by atoms with Crippen LogP contribution in [0.1, 0.15) is 36.6 Å². The van der Waals surface area contributed by atoms with Crippen molar-refractivity contribution in [1.29, 1.82) is 0 Å². The maximum absolute atomic E-state index is 13.5. The van der Waals surface area contributed by atoms with Crippen LogP contribution in [0.2, 0.25) is 5.02 Å². The third-order valence-corrected chi connectivity index (χ3v) is 5.21. The van der Waals surface area contributed by atoms with Crippen LogP contribution in [-0.2, 0) is 0 Å². The Morgan fingerprint density at radius 3 is 2.76 bits per heavy atom. The highest BCUT2D eigenvalue weighted by molar-refractivity contribution is 7.99. The van der Waals surface area contributed by atoms with E-state index in [1.807, 2.05) is 30.3 Å². The molecule has 1 aliphatic heterocycles. The third-order valence-electron chi connectivity index (χ3n) is 3.83. The molecule has 0 aliphatic carbocycles. The van der Waals surface area contributed by atoms with Gasteiger partial charge in [0.25, 0.3) is 0 Å². The first-order valence-electron chi connectivity index (χ1n) is 7.07. The minimum atomic E-state index is -0.165. The monoisotopic (exact) mass is 321 g/mol. The molecule has 0 saturated carbocycles. The van der Waals surface area contributed by atoms with E-state index in [-0.39, 0.29) is 17.9 Å². The second kappa shape index (κ2) is 6.39. The Balaban J connectivity index is 1.80. The lowest BCUT2D eigenvalue weighted by Gasteiger charge is -2.29. The summed E-state index contributed by atoms with van der Waals surface area (Å²) >= 11 is 7.73. The molecule has 2 aromatic rings. The molecular weight excluding hydrogens is 305 g/mol. The summed E-state index contributed by atoms with van der Waals surface area (Å²) in [5, 5.41) is 4.36. The first-order chi connectivity index (χ1) is 10.1. The quantitative estimate of drug-likeness (QED) is 0.816. The molecule has 1 aliphatic rings. The third kappa shape index (κ3) is 3.42. The van der Waals surface area contributed by atoms with Gasteiger partial charge in [-0.2, -0.15) is 0 Å². The van der Waals surface area contributed by atoms with Crippen molar-refractivity contribution in [3.63, 3.8) is 0 Å². The molecule has 1 N–H and O–H groups in total. The van der Waals surface area contributed by atoms with Gasteiger partial charge in [-0.1, -0.05) is 23.7 Å². The number of thioether (sulfide) groups is 1. The van der Waals surface area contributed by atoms with Gasteiger partial charge in [0.05, 0.1) is 0 Å². The average Bonchev–Trinajstić information content (AvgIpc) is 2.48.